The lowest BCUT2D eigenvalue weighted by molar-refractivity contribution is -0.141. The number of hydrogen-bond donors (Lipinski definition) is 1. The maximum Gasteiger partial charge on any atom is 0.435 e. The molecular weight excluding hydrogens is 494 g/mol. The molecule has 142 valence electrons. The van der Waals surface area contributed by atoms with Crippen molar-refractivity contribution >= 4 is 40.0 Å². The zero-order chi connectivity index (χ0) is 19.8. The minimum atomic E-state index is -4.47. The van der Waals surface area contributed by atoms with Crippen molar-refractivity contribution in [3.8, 4) is 5.69 Å². The maximum absolute atomic E-state index is 12.8. The quantitative estimate of drug-likeness (QED) is 0.378. The van der Waals surface area contributed by atoms with Gasteiger partial charge in [-0.2, -0.15) is 23.3 Å². The number of nitrogens with zero attached hydrogens (tertiary/aromatic N) is 4. The van der Waals surface area contributed by atoms with Crippen LogP contribution in [0.1, 0.15) is 29.9 Å². The average Bonchev–Trinajstić information content (AvgIpc) is 3.00. The van der Waals surface area contributed by atoms with E-state index in [1.54, 1.807) is 25.3 Å². The third-order valence-electron chi connectivity index (χ3n) is 3.88. The van der Waals surface area contributed by atoms with Gasteiger partial charge >= 0.3 is 6.18 Å². The van der Waals surface area contributed by atoms with Crippen molar-refractivity contribution in [2.45, 2.75) is 26.1 Å². The molecule has 1 atom stereocenters. The van der Waals surface area contributed by atoms with Gasteiger partial charge in [-0.1, -0.05) is 12.1 Å². The number of rotatable bonds is 4. The largest absolute Gasteiger partial charge is 0.435 e. The zero-order valence-electron chi connectivity index (χ0n) is 14.2. The smallest absolute Gasteiger partial charge is 0.363 e. The monoisotopic (exact) mass is 507 g/mol. The molecule has 5 nitrogen and oxygen atoms in total. The number of hydrogen-bond acceptors (Lipinski definition) is 4. The van der Waals surface area contributed by atoms with Crippen LogP contribution in [0.25, 0.3) is 5.69 Å². The highest BCUT2D eigenvalue weighted by molar-refractivity contribution is 14.1. The number of halogens is 5. The number of anilines is 1. The number of benzene rings is 1. The minimum Gasteiger partial charge on any atom is -0.363 e. The molecule has 2 heterocycles. The summed E-state index contributed by atoms with van der Waals surface area (Å²) in [6, 6.07) is 8.05. The van der Waals surface area contributed by atoms with Crippen molar-refractivity contribution in [2.24, 2.45) is 0 Å². The molecule has 27 heavy (non-hydrogen) atoms. The molecule has 1 N–H and O–H groups in total. The summed E-state index contributed by atoms with van der Waals surface area (Å²) >= 11 is 7.93. The number of aromatic nitrogens is 4. The third-order valence-corrected chi connectivity index (χ3v) is 4.85. The summed E-state index contributed by atoms with van der Waals surface area (Å²) in [4.78, 5) is 8.06. The third kappa shape index (κ3) is 4.52. The molecule has 0 saturated heterocycles. The van der Waals surface area contributed by atoms with Crippen molar-refractivity contribution in [1.82, 2.24) is 19.7 Å². The Morgan fingerprint density at radius 1 is 1.22 bits per heavy atom. The van der Waals surface area contributed by atoms with Crippen LogP contribution < -0.4 is 5.32 Å². The predicted octanol–water partition coefficient (Wildman–Crippen LogP) is 5.42. The summed E-state index contributed by atoms with van der Waals surface area (Å²) in [6.45, 7) is 3.53. The van der Waals surface area contributed by atoms with Crippen LogP contribution >= 0.6 is 34.2 Å². The SMILES string of the molecule is Cc1cc(C(F)(F)F)nn1-c1ccc(C(C)Nc2nc(Cl)ncc2I)cc1. The van der Waals surface area contributed by atoms with E-state index in [4.69, 9.17) is 11.6 Å². The van der Waals surface area contributed by atoms with E-state index in [2.05, 4.69) is 43.0 Å². The van der Waals surface area contributed by atoms with Gasteiger partial charge in [-0.25, -0.2) is 9.67 Å². The fourth-order valence-electron chi connectivity index (χ4n) is 2.51. The van der Waals surface area contributed by atoms with Gasteiger partial charge in [0.05, 0.1) is 9.26 Å². The summed E-state index contributed by atoms with van der Waals surface area (Å²) in [7, 11) is 0. The van der Waals surface area contributed by atoms with Crippen LogP contribution in [-0.2, 0) is 6.18 Å². The maximum atomic E-state index is 12.8. The van der Waals surface area contributed by atoms with Crippen LogP contribution in [0.3, 0.4) is 0 Å². The topological polar surface area (TPSA) is 55.6 Å². The summed E-state index contributed by atoms with van der Waals surface area (Å²) < 4.78 is 40.6. The molecular formula is C17H14ClF3IN5. The summed E-state index contributed by atoms with van der Waals surface area (Å²) in [6.07, 6.45) is -2.85. The molecule has 1 unspecified atom stereocenters. The van der Waals surface area contributed by atoms with Crippen LogP contribution in [0, 0.1) is 10.5 Å². The van der Waals surface area contributed by atoms with Crippen molar-refractivity contribution < 1.29 is 13.2 Å². The van der Waals surface area contributed by atoms with Crippen LogP contribution in [-0.4, -0.2) is 19.7 Å². The Morgan fingerprint density at radius 3 is 2.48 bits per heavy atom. The fraction of sp³-hybridized carbons (Fsp3) is 0.235. The number of nitrogens with one attached hydrogen (secondary N) is 1. The molecule has 0 spiro atoms. The molecule has 10 heteroatoms. The Labute approximate surface area is 172 Å². The molecule has 0 aliphatic carbocycles. The van der Waals surface area contributed by atoms with E-state index in [1.165, 1.54) is 4.68 Å². The Bertz CT molecular complexity index is 956. The van der Waals surface area contributed by atoms with Gasteiger partial charge in [-0.3, -0.25) is 0 Å². The minimum absolute atomic E-state index is 0.0945. The Balaban J connectivity index is 1.81. The van der Waals surface area contributed by atoms with E-state index in [1.807, 2.05) is 19.1 Å². The Hall–Kier alpha value is -1.88. The van der Waals surface area contributed by atoms with E-state index in [-0.39, 0.29) is 11.3 Å². The average molecular weight is 508 g/mol. The van der Waals surface area contributed by atoms with Crippen LogP contribution in [0.4, 0.5) is 19.0 Å². The fourth-order valence-corrected chi connectivity index (χ4v) is 3.06. The highest BCUT2D eigenvalue weighted by Gasteiger charge is 2.34. The van der Waals surface area contributed by atoms with Gasteiger partial charge in [0.15, 0.2) is 5.69 Å². The lowest BCUT2D eigenvalue weighted by Gasteiger charge is -2.16. The van der Waals surface area contributed by atoms with Gasteiger partial charge in [0.25, 0.3) is 0 Å². The van der Waals surface area contributed by atoms with E-state index >= 15 is 0 Å². The lowest BCUT2D eigenvalue weighted by Crippen LogP contribution is -2.10. The first-order chi connectivity index (χ1) is 12.6. The highest BCUT2D eigenvalue weighted by atomic mass is 127. The Kier molecular flexibility index (Phi) is 5.61. The van der Waals surface area contributed by atoms with Gasteiger partial charge < -0.3 is 5.32 Å². The summed E-state index contributed by atoms with van der Waals surface area (Å²) in [5.74, 6) is 0.616. The zero-order valence-corrected chi connectivity index (χ0v) is 17.1. The van der Waals surface area contributed by atoms with E-state index < -0.39 is 11.9 Å². The highest BCUT2D eigenvalue weighted by Crippen LogP contribution is 2.29. The summed E-state index contributed by atoms with van der Waals surface area (Å²) in [5, 5.41) is 7.05. The first kappa shape index (κ1) is 19.9. The molecule has 0 amide bonds. The first-order valence-corrected chi connectivity index (χ1v) is 9.29. The second-order valence-corrected chi connectivity index (χ2v) is 7.37. The van der Waals surface area contributed by atoms with Crippen molar-refractivity contribution in [2.75, 3.05) is 5.32 Å². The van der Waals surface area contributed by atoms with Crippen molar-refractivity contribution in [3.63, 3.8) is 0 Å². The van der Waals surface area contributed by atoms with Gasteiger partial charge in [0.2, 0.25) is 5.28 Å². The van der Waals surface area contributed by atoms with Gasteiger partial charge in [-0.05, 0) is 71.8 Å². The van der Waals surface area contributed by atoms with E-state index in [0.29, 0.717) is 17.2 Å². The molecule has 2 aromatic heterocycles. The molecule has 0 radical (unpaired) electrons. The van der Waals surface area contributed by atoms with Crippen LogP contribution in [0.15, 0.2) is 36.5 Å². The molecule has 0 aliphatic rings. The van der Waals surface area contributed by atoms with Crippen molar-refractivity contribution in [3.05, 3.63) is 62.3 Å². The molecule has 0 fully saturated rings. The van der Waals surface area contributed by atoms with E-state index in [9.17, 15) is 13.2 Å². The van der Waals surface area contributed by atoms with Crippen LogP contribution in [0.5, 0.6) is 0 Å². The van der Waals surface area contributed by atoms with Gasteiger partial charge in [-0.15, -0.1) is 0 Å². The van der Waals surface area contributed by atoms with Gasteiger partial charge in [0.1, 0.15) is 5.82 Å². The molecule has 0 aliphatic heterocycles. The van der Waals surface area contributed by atoms with Crippen molar-refractivity contribution in [1.29, 1.82) is 0 Å². The molecule has 3 aromatic rings. The molecule has 3 rings (SSSR count). The lowest BCUT2D eigenvalue weighted by atomic mass is 10.1. The second-order valence-electron chi connectivity index (χ2n) is 5.87. The number of aryl methyl sites for hydroxylation is 1. The van der Waals surface area contributed by atoms with E-state index in [0.717, 1.165) is 15.2 Å². The second kappa shape index (κ2) is 7.63. The van der Waals surface area contributed by atoms with Crippen LogP contribution in [0.2, 0.25) is 5.28 Å². The molecule has 0 bridgehead atoms. The van der Waals surface area contributed by atoms with Gasteiger partial charge in [0, 0.05) is 17.9 Å². The normalized spacial score (nSPS) is 12.9. The predicted molar refractivity (Wildman–Crippen MR) is 105 cm³/mol. The Morgan fingerprint density at radius 2 is 1.89 bits per heavy atom. The standard InChI is InChI=1S/C17H14ClF3IN5/c1-9-7-14(17(19,20)21)26-27(9)12-5-3-11(4-6-12)10(2)24-15-13(22)8-23-16(18)25-15/h3-8,10H,1-2H3,(H,23,24,25). The number of alkyl halides is 3. The molecule has 1 aromatic carbocycles. The molecule has 0 saturated carbocycles. The summed E-state index contributed by atoms with van der Waals surface area (Å²) in [5.41, 5.74) is 0.990. The first-order valence-electron chi connectivity index (χ1n) is 7.84.